The summed E-state index contributed by atoms with van der Waals surface area (Å²) < 4.78 is 0. The van der Waals surface area contributed by atoms with E-state index in [1.54, 1.807) is 48.5 Å². The minimum atomic E-state index is -0.703. The number of nitro groups is 2. The lowest BCUT2D eigenvalue weighted by Gasteiger charge is -2.11. The van der Waals surface area contributed by atoms with Gasteiger partial charge in [-0.25, -0.2) is 5.43 Å². The van der Waals surface area contributed by atoms with Gasteiger partial charge < -0.3 is 15.6 Å². The number of phenols is 2. The topological polar surface area (TPSA) is 151 Å². The normalized spacial score (nSPS) is 10.3. The molecule has 0 fully saturated rings. The van der Waals surface area contributed by atoms with Crippen molar-refractivity contribution in [3.05, 3.63) is 104 Å². The molecule has 31 heavy (non-hydrogen) atoms. The SMILES string of the molecule is O=[N+]([O-])c1ccc(NNCC=C(c2ccc(O)cc2)c2ccc(O)cc2)c([N+](=O)[O-])c1. The van der Waals surface area contributed by atoms with E-state index in [0.717, 1.165) is 22.8 Å². The average molecular weight is 422 g/mol. The van der Waals surface area contributed by atoms with Gasteiger partial charge in [0.2, 0.25) is 0 Å². The maximum Gasteiger partial charge on any atom is 0.300 e. The molecule has 3 aromatic rings. The fourth-order valence-electron chi connectivity index (χ4n) is 2.87. The van der Waals surface area contributed by atoms with Crippen LogP contribution in [0.5, 0.6) is 11.5 Å². The zero-order valence-electron chi connectivity index (χ0n) is 16.1. The number of hydrazine groups is 1. The third kappa shape index (κ3) is 5.34. The van der Waals surface area contributed by atoms with Crippen LogP contribution in [-0.2, 0) is 0 Å². The molecule has 0 heterocycles. The minimum absolute atomic E-state index is 0.0832. The van der Waals surface area contributed by atoms with Crippen LogP contribution in [0.15, 0.2) is 72.8 Å². The summed E-state index contributed by atoms with van der Waals surface area (Å²) in [5.74, 6) is 0.248. The van der Waals surface area contributed by atoms with Crippen molar-refractivity contribution in [2.24, 2.45) is 0 Å². The van der Waals surface area contributed by atoms with Crippen LogP contribution in [0.25, 0.3) is 5.57 Å². The van der Waals surface area contributed by atoms with Crippen LogP contribution in [-0.4, -0.2) is 26.6 Å². The summed E-state index contributed by atoms with van der Waals surface area (Å²) in [6.45, 7) is 0.241. The highest BCUT2D eigenvalue weighted by atomic mass is 16.6. The number of phenolic OH excluding ortho intramolecular Hbond substituents is 2. The Balaban J connectivity index is 1.80. The average Bonchev–Trinajstić information content (AvgIpc) is 2.75. The summed E-state index contributed by atoms with van der Waals surface area (Å²) in [6, 6.07) is 16.5. The molecule has 0 amide bonds. The van der Waals surface area contributed by atoms with Gasteiger partial charge in [-0.1, -0.05) is 30.3 Å². The third-order valence-electron chi connectivity index (χ3n) is 4.38. The first-order chi connectivity index (χ1) is 14.8. The van der Waals surface area contributed by atoms with Crippen molar-refractivity contribution in [2.45, 2.75) is 0 Å². The summed E-state index contributed by atoms with van der Waals surface area (Å²) in [5, 5.41) is 41.1. The van der Waals surface area contributed by atoms with E-state index in [1.165, 1.54) is 12.1 Å². The number of nitrogens with zero attached hydrogens (tertiary/aromatic N) is 2. The molecule has 0 bridgehead atoms. The van der Waals surface area contributed by atoms with Crippen LogP contribution in [0.3, 0.4) is 0 Å². The summed E-state index contributed by atoms with van der Waals surface area (Å²) in [7, 11) is 0. The smallest absolute Gasteiger partial charge is 0.300 e. The van der Waals surface area contributed by atoms with Crippen LogP contribution in [0.4, 0.5) is 17.1 Å². The van der Waals surface area contributed by atoms with E-state index in [9.17, 15) is 30.4 Å². The molecular weight excluding hydrogens is 404 g/mol. The first-order valence-electron chi connectivity index (χ1n) is 9.06. The highest BCUT2D eigenvalue weighted by Gasteiger charge is 2.19. The minimum Gasteiger partial charge on any atom is -0.508 e. The molecule has 0 saturated carbocycles. The Bertz CT molecular complexity index is 1080. The van der Waals surface area contributed by atoms with Crippen LogP contribution in [0, 0.1) is 20.2 Å². The van der Waals surface area contributed by atoms with E-state index in [2.05, 4.69) is 10.9 Å². The highest BCUT2D eigenvalue weighted by Crippen LogP contribution is 2.29. The monoisotopic (exact) mass is 422 g/mol. The molecule has 0 aromatic heterocycles. The van der Waals surface area contributed by atoms with Crippen molar-refractivity contribution < 1.29 is 20.1 Å². The van der Waals surface area contributed by atoms with E-state index in [4.69, 9.17) is 0 Å². The van der Waals surface area contributed by atoms with E-state index >= 15 is 0 Å². The lowest BCUT2D eigenvalue weighted by molar-refractivity contribution is -0.393. The molecule has 0 spiro atoms. The highest BCUT2D eigenvalue weighted by molar-refractivity contribution is 5.80. The van der Waals surface area contributed by atoms with Crippen LogP contribution in [0.1, 0.15) is 11.1 Å². The maximum absolute atomic E-state index is 11.2. The van der Waals surface area contributed by atoms with Gasteiger partial charge in [-0.3, -0.25) is 20.2 Å². The molecule has 0 unspecified atom stereocenters. The Morgan fingerprint density at radius 2 is 1.39 bits per heavy atom. The quantitative estimate of drug-likeness (QED) is 0.242. The van der Waals surface area contributed by atoms with Gasteiger partial charge in [0.15, 0.2) is 0 Å². The second-order valence-corrected chi connectivity index (χ2v) is 6.43. The third-order valence-corrected chi connectivity index (χ3v) is 4.38. The predicted molar refractivity (Wildman–Crippen MR) is 115 cm³/mol. The van der Waals surface area contributed by atoms with E-state index in [-0.39, 0.29) is 29.4 Å². The van der Waals surface area contributed by atoms with Gasteiger partial charge in [-0.15, -0.1) is 0 Å². The number of aromatic hydroxyl groups is 2. The Morgan fingerprint density at radius 3 is 1.87 bits per heavy atom. The molecule has 10 heteroatoms. The molecule has 0 saturated heterocycles. The molecule has 158 valence electrons. The molecule has 0 aliphatic carbocycles. The van der Waals surface area contributed by atoms with Crippen LogP contribution >= 0.6 is 0 Å². The van der Waals surface area contributed by atoms with Gasteiger partial charge in [-0.05, 0) is 47.0 Å². The van der Waals surface area contributed by atoms with Crippen molar-refractivity contribution in [1.82, 2.24) is 5.43 Å². The summed E-state index contributed by atoms with van der Waals surface area (Å²) in [6.07, 6.45) is 1.82. The molecule has 0 aliphatic heterocycles. The first-order valence-corrected chi connectivity index (χ1v) is 9.06. The predicted octanol–water partition coefficient (Wildman–Crippen LogP) is 3.96. The number of rotatable bonds is 8. The van der Waals surface area contributed by atoms with Gasteiger partial charge in [0, 0.05) is 12.6 Å². The molecule has 10 nitrogen and oxygen atoms in total. The lowest BCUT2D eigenvalue weighted by atomic mass is 9.97. The molecule has 0 atom stereocenters. The van der Waals surface area contributed by atoms with Crippen molar-refractivity contribution in [2.75, 3.05) is 12.0 Å². The lowest BCUT2D eigenvalue weighted by Crippen LogP contribution is -2.22. The largest absolute Gasteiger partial charge is 0.508 e. The molecule has 3 rings (SSSR count). The van der Waals surface area contributed by atoms with E-state index in [1.807, 2.05) is 6.08 Å². The Labute approximate surface area is 176 Å². The summed E-state index contributed by atoms with van der Waals surface area (Å²) in [4.78, 5) is 20.7. The van der Waals surface area contributed by atoms with Crippen molar-refractivity contribution >= 4 is 22.6 Å². The standard InChI is InChI=1S/C21H18N4O6/c26-17-6-1-14(2-7-17)19(15-3-8-18(27)9-4-15)11-12-22-23-20-10-5-16(24(28)29)13-21(20)25(30)31/h1-11,13,22-23,26-27H,12H2. The van der Waals surface area contributed by atoms with Crippen molar-refractivity contribution in [3.63, 3.8) is 0 Å². The van der Waals surface area contributed by atoms with Crippen molar-refractivity contribution in [1.29, 1.82) is 0 Å². The van der Waals surface area contributed by atoms with Gasteiger partial charge in [-0.2, -0.15) is 0 Å². The van der Waals surface area contributed by atoms with Gasteiger partial charge in [0.05, 0.1) is 15.9 Å². The fourth-order valence-corrected chi connectivity index (χ4v) is 2.87. The van der Waals surface area contributed by atoms with Crippen molar-refractivity contribution in [3.8, 4) is 11.5 Å². The first kappa shape index (κ1) is 21.3. The van der Waals surface area contributed by atoms with Crippen LogP contribution in [0.2, 0.25) is 0 Å². The Kier molecular flexibility index (Phi) is 6.43. The van der Waals surface area contributed by atoms with E-state index < -0.39 is 15.5 Å². The number of nitrogens with one attached hydrogen (secondary N) is 2. The number of benzene rings is 3. The van der Waals surface area contributed by atoms with Gasteiger partial charge in [0.25, 0.3) is 5.69 Å². The van der Waals surface area contributed by atoms with Gasteiger partial charge in [0.1, 0.15) is 17.2 Å². The van der Waals surface area contributed by atoms with Crippen LogP contribution < -0.4 is 10.9 Å². The summed E-state index contributed by atoms with van der Waals surface area (Å²) >= 11 is 0. The second kappa shape index (κ2) is 9.37. The summed E-state index contributed by atoms with van der Waals surface area (Å²) in [5.41, 5.74) is 7.24. The zero-order valence-corrected chi connectivity index (χ0v) is 16.1. The molecule has 3 aromatic carbocycles. The number of anilines is 1. The Hall–Kier alpha value is -4.44. The van der Waals surface area contributed by atoms with Gasteiger partial charge >= 0.3 is 5.69 Å². The number of non-ortho nitro benzene ring substituents is 1. The molecule has 0 radical (unpaired) electrons. The van der Waals surface area contributed by atoms with E-state index in [0.29, 0.717) is 0 Å². The molecule has 4 N–H and O–H groups in total. The molecular formula is C21H18N4O6. The Morgan fingerprint density at radius 1 is 0.839 bits per heavy atom. The number of hydrogen-bond donors (Lipinski definition) is 4. The number of nitro benzene ring substituents is 2. The second-order valence-electron chi connectivity index (χ2n) is 6.43. The zero-order chi connectivity index (χ0) is 22.4. The molecule has 0 aliphatic rings. The maximum atomic E-state index is 11.2. The fraction of sp³-hybridized carbons (Fsp3) is 0.0476. The number of hydrogen-bond acceptors (Lipinski definition) is 8.